The van der Waals surface area contributed by atoms with Gasteiger partial charge < -0.3 is 18.9 Å². The van der Waals surface area contributed by atoms with Gasteiger partial charge in [-0.1, -0.05) is 427 Å². The topological polar surface area (TPSA) is 108 Å². The predicted molar refractivity (Wildman–Crippen MR) is 446 cm³/mol. The number of phosphoric acid groups is 1. The third-order valence-electron chi connectivity index (χ3n) is 20.2. The number of nitrogens with zero attached hydrogens (tertiary/aromatic N) is 1. The van der Waals surface area contributed by atoms with Gasteiger partial charge in [0.1, 0.15) is 19.8 Å². The summed E-state index contributed by atoms with van der Waals surface area (Å²) in [6, 6.07) is 0. The van der Waals surface area contributed by atoms with Crippen molar-refractivity contribution in [3.8, 4) is 0 Å². The number of unbranched alkanes of at least 4 members (excludes halogenated alkanes) is 58. The molecule has 0 rings (SSSR count). The van der Waals surface area contributed by atoms with Crippen LogP contribution in [0.3, 0.4) is 0 Å². The number of rotatable bonds is 84. The van der Waals surface area contributed by atoms with Gasteiger partial charge in [0.2, 0.25) is 0 Å². The number of ether oxygens (including phenoxy) is 2. The Labute approximate surface area is 635 Å². The van der Waals surface area contributed by atoms with Gasteiger partial charge in [-0.2, -0.15) is 0 Å². The van der Waals surface area contributed by atoms with Crippen molar-refractivity contribution in [2.45, 2.75) is 457 Å². The fraction of sp³-hybridized carbons (Fsp3) is 0.848. The summed E-state index contributed by atoms with van der Waals surface area (Å²) in [5.41, 5.74) is 0. The van der Waals surface area contributed by atoms with Crippen molar-refractivity contribution >= 4 is 19.8 Å². The van der Waals surface area contributed by atoms with Crippen LogP contribution in [0.4, 0.5) is 0 Å². The summed E-state index contributed by atoms with van der Waals surface area (Å²) < 4.78 is 34.9. The molecule has 102 heavy (non-hydrogen) atoms. The fourth-order valence-corrected chi connectivity index (χ4v) is 14.2. The van der Waals surface area contributed by atoms with E-state index < -0.39 is 26.5 Å². The Hall–Kier alpha value is -2.55. The zero-order chi connectivity index (χ0) is 74.0. The minimum atomic E-state index is -4.40. The van der Waals surface area contributed by atoms with Crippen LogP contribution in [0.15, 0.2) is 72.9 Å². The van der Waals surface area contributed by atoms with Gasteiger partial charge in [0.05, 0.1) is 27.7 Å². The third kappa shape index (κ3) is 86.4. The van der Waals surface area contributed by atoms with Crippen molar-refractivity contribution < 1.29 is 42.1 Å². The van der Waals surface area contributed by atoms with E-state index in [1.807, 2.05) is 21.1 Å². The summed E-state index contributed by atoms with van der Waals surface area (Å²) in [4.78, 5) is 36.1. The van der Waals surface area contributed by atoms with Crippen LogP contribution in [0.25, 0.3) is 0 Å². The number of allylic oxidation sites excluding steroid dienone is 12. The van der Waals surface area contributed by atoms with Crippen LogP contribution in [-0.2, 0) is 32.7 Å². The Kier molecular flexibility index (Phi) is 80.4. The molecule has 0 aliphatic rings. The maximum absolute atomic E-state index is 12.9. The molecule has 0 bridgehead atoms. The molecule has 0 aromatic rings. The summed E-state index contributed by atoms with van der Waals surface area (Å²) in [7, 11) is 1.50. The van der Waals surface area contributed by atoms with Gasteiger partial charge in [0.15, 0.2) is 6.10 Å². The molecule has 0 radical (unpaired) electrons. The molecule has 0 saturated carbocycles. The van der Waals surface area contributed by atoms with Crippen LogP contribution < -0.4 is 0 Å². The molecule has 598 valence electrons. The van der Waals surface area contributed by atoms with Crippen molar-refractivity contribution in [2.75, 3.05) is 47.5 Å². The molecule has 2 atom stereocenters. The van der Waals surface area contributed by atoms with E-state index in [9.17, 15) is 19.0 Å². The second-order valence-corrected chi connectivity index (χ2v) is 33.1. The van der Waals surface area contributed by atoms with E-state index in [0.717, 1.165) is 64.2 Å². The lowest BCUT2D eigenvalue weighted by atomic mass is 10.0. The molecule has 9 nitrogen and oxygen atoms in total. The van der Waals surface area contributed by atoms with Crippen LogP contribution in [0, 0.1) is 0 Å². The van der Waals surface area contributed by atoms with Crippen LogP contribution in [0.5, 0.6) is 0 Å². The van der Waals surface area contributed by atoms with Crippen LogP contribution in [0.1, 0.15) is 450 Å². The number of carbonyl (C=O) groups excluding carboxylic acids is 2. The molecule has 1 N–H and O–H groups in total. The summed E-state index contributed by atoms with van der Waals surface area (Å²) in [6.07, 6.45) is 114. The monoisotopic (exact) mass is 1450 g/mol. The molecule has 10 heteroatoms. The minimum Gasteiger partial charge on any atom is -0.462 e. The van der Waals surface area contributed by atoms with E-state index in [0.29, 0.717) is 23.9 Å². The highest BCUT2D eigenvalue weighted by molar-refractivity contribution is 7.47. The second-order valence-electron chi connectivity index (χ2n) is 31.6. The first-order valence-corrected chi connectivity index (χ1v) is 46.2. The number of hydrogen-bond donors (Lipinski definition) is 1. The van der Waals surface area contributed by atoms with E-state index in [2.05, 4.69) is 86.8 Å². The lowest BCUT2D eigenvalue weighted by Gasteiger charge is -2.24. The molecule has 0 aliphatic heterocycles. The molecule has 0 saturated heterocycles. The quantitative estimate of drug-likeness (QED) is 0.0211. The van der Waals surface area contributed by atoms with Crippen LogP contribution >= 0.6 is 7.82 Å². The number of quaternary nitrogens is 1. The molecule has 0 aromatic heterocycles. The lowest BCUT2D eigenvalue weighted by molar-refractivity contribution is -0.870. The maximum atomic E-state index is 12.9. The average Bonchev–Trinajstić information content (AvgIpc) is 0.914. The largest absolute Gasteiger partial charge is 0.472 e. The molecule has 2 unspecified atom stereocenters. The van der Waals surface area contributed by atoms with Crippen molar-refractivity contribution in [3.63, 3.8) is 0 Å². The Morgan fingerprint density at radius 1 is 0.314 bits per heavy atom. The molecule has 0 amide bonds. The standard InChI is InChI=1S/C92H172NO8P/c1-6-8-10-12-14-16-18-20-22-24-26-28-30-32-34-36-38-40-42-44-46-48-50-52-54-56-58-60-62-64-66-68-70-72-74-76-78-80-82-84-91(94)98-88-90(89-100-102(96,97)99-87-86-93(3,4)5)101-92(95)85-83-81-79-77-75-73-71-69-67-65-63-61-59-57-55-53-51-49-47-45-43-41-39-37-35-33-31-29-27-25-23-21-19-17-15-13-11-9-7-2/h9,11,15,17-18,20-21,23-24,26-27,29,90H,6-8,10,12-14,16,19,22,25,28,30-89H2,1-5H3/p+1/b11-9-,17-15-,20-18-,23-21-,26-24-,29-27-. The average molecular weight is 1450 g/mol. The fourth-order valence-electron chi connectivity index (χ4n) is 13.5. The normalized spacial score (nSPS) is 13.3. The Bertz CT molecular complexity index is 1950. The molecule has 0 aliphatic carbocycles. The van der Waals surface area contributed by atoms with Gasteiger partial charge in [-0.3, -0.25) is 18.6 Å². The van der Waals surface area contributed by atoms with Crippen molar-refractivity contribution in [1.29, 1.82) is 0 Å². The van der Waals surface area contributed by atoms with Crippen LogP contribution in [0.2, 0.25) is 0 Å². The number of carbonyl (C=O) groups is 2. The van der Waals surface area contributed by atoms with E-state index in [1.54, 1.807) is 0 Å². The zero-order valence-electron chi connectivity index (χ0n) is 68.6. The van der Waals surface area contributed by atoms with E-state index in [-0.39, 0.29) is 25.6 Å². The Morgan fingerprint density at radius 3 is 0.833 bits per heavy atom. The number of likely N-dealkylation sites (N-methyl/N-ethyl adjacent to an activating group) is 1. The number of esters is 2. The Morgan fingerprint density at radius 2 is 0.559 bits per heavy atom. The summed E-state index contributed by atoms with van der Waals surface area (Å²) in [6.45, 7) is 4.39. The molecule has 0 fully saturated rings. The predicted octanol–water partition coefficient (Wildman–Crippen LogP) is 30.2. The summed E-state index contributed by atoms with van der Waals surface area (Å²) in [5.74, 6) is -0.770. The third-order valence-corrected chi connectivity index (χ3v) is 21.2. The van der Waals surface area contributed by atoms with Crippen molar-refractivity contribution in [2.24, 2.45) is 0 Å². The van der Waals surface area contributed by atoms with Gasteiger partial charge in [-0.05, 0) is 83.5 Å². The van der Waals surface area contributed by atoms with E-state index in [1.165, 1.54) is 353 Å². The van der Waals surface area contributed by atoms with Crippen LogP contribution in [-0.4, -0.2) is 74.9 Å². The lowest BCUT2D eigenvalue weighted by Crippen LogP contribution is -2.37. The highest BCUT2D eigenvalue weighted by atomic mass is 31.2. The van der Waals surface area contributed by atoms with Crippen molar-refractivity contribution in [3.05, 3.63) is 72.9 Å². The first kappa shape index (κ1) is 99.5. The highest BCUT2D eigenvalue weighted by Gasteiger charge is 2.27. The molecular formula is C92H173NO8P+. The van der Waals surface area contributed by atoms with Crippen molar-refractivity contribution in [1.82, 2.24) is 0 Å². The SMILES string of the molecule is CC/C=C\C/C=C\C/C=C\C/C=C\CCCCCCCCCCCCCCCCCCCCCCCCCCCCC(=O)OC(COC(=O)CCCCCCCCCCCCCCCCCCCCCCCCCCCCC/C=C\C/C=C\CCCCCCC)COP(=O)(O)OCC[N+](C)(C)C. The highest BCUT2D eigenvalue weighted by Crippen LogP contribution is 2.43. The molecule has 0 heterocycles. The maximum Gasteiger partial charge on any atom is 0.472 e. The first-order chi connectivity index (χ1) is 50.0. The zero-order valence-corrected chi connectivity index (χ0v) is 69.5. The molecule has 0 spiro atoms. The smallest absolute Gasteiger partial charge is 0.462 e. The van der Waals surface area contributed by atoms with Gasteiger partial charge in [-0.15, -0.1) is 0 Å². The second kappa shape index (κ2) is 82.5. The van der Waals surface area contributed by atoms with Gasteiger partial charge in [0, 0.05) is 12.8 Å². The van der Waals surface area contributed by atoms with E-state index >= 15 is 0 Å². The number of hydrogen-bond acceptors (Lipinski definition) is 7. The molecule has 0 aromatic carbocycles. The Balaban J connectivity index is 3.84. The van der Waals surface area contributed by atoms with E-state index in [4.69, 9.17) is 18.5 Å². The summed E-state index contributed by atoms with van der Waals surface area (Å²) >= 11 is 0. The van der Waals surface area contributed by atoms with Gasteiger partial charge in [-0.25, -0.2) is 4.57 Å². The number of phosphoric ester groups is 1. The minimum absolute atomic E-state index is 0.0345. The molecular weight excluding hydrogens is 1280 g/mol. The van der Waals surface area contributed by atoms with Gasteiger partial charge >= 0.3 is 19.8 Å². The first-order valence-electron chi connectivity index (χ1n) is 44.7. The summed E-state index contributed by atoms with van der Waals surface area (Å²) in [5, 5.41) is 0. The van der Waals surface area contributed by atoms with Gasteiger partial charge in [0.25, 0.3) is 0 Å².